The molecule has 3 aromatic carbocycles. The van der Waals surface area contributed by atoms with Crippen molar-refractivity contribution in [3.8, 4) is 5.75 Å². The van der Waals surface area contributed by atoms with Gasteiger partial charge in [0.05, 0.1) is 30.3 Å². The van der Waals surface area contributed by atoms with Crippen molar-refractivity contribution < 1.29 is 24.2 Å². The van der Waals surface area contributed by atoms with Crippen LogP contribution in [0.4, 0.5) is 5.69 Å². The highest BCUT2D eigenvalue weighted by atomic mass is 35.5. The van der Waals surface area contributed by atoms with Gasteiger partial charge >= 0.3 is 5.97 Å². The Bertz CT molecular complexity index is 1420. The van der Waals surface area contributed by atoms with Crippen molar-refractivity contribution in [1.29, 1.82) is 0 Å². The summed E-state index contributed by atoms with van der Waals surface area (Å²) < 4.78 is 6.91. The number of methoxy groups -OCH3 is 1. The van der Waals surface area contributed by atoms with Gasteiger partial charge in [-0.2, -0.15) is 0 Å². The molecule has 34 heavy (non-hydrogen) atoms. The summed E-state index contributed by atoms with van der Waals surface area (Å²) in [6.45, 7) is 1.77. The minimum atomic E-state index is -1.14. The number of carboxylic acids is 1. The number of anilines is 1. The van der Waals surface area contributed by atoms with Crippen molar-refractivity contribution in [2.24, 2.45) is 0 Å². The molecule has 1 amide bonds. The molecule has 1 aromatic heterocycles. The van der Waals surface area contributed by atoms with Crippen LogP contribution in [-0.4, -0.2) is 34.6 Å². The zero-order valence-corrected chi connectivity index (χ0v) is 19.2. The Morgan fingerprint density at radius 3 is 2.41 bits per heavy atom. The summed E-state index contributed by atoms with van der Waals surface area (Å²) >= 11 is 5.97. The molecule has 0 fully saturated rings. The molecule has 0 spiro atoms. The van der Waals surface area contributed by atoms with Crippen molar-refractivity contribution >= 4 is 46.0 Å². The number of rotatable bonds is 6. The number of nitrogens with zero attached hydrogens (tertiary/aromatic N) is 1. The van der Waals surface area contributed by atoms with Crippen LogP contribution in [0.2, 0.25) is 5.02 Å². The zero-order valence-electron chi connectivity index (χ0n) is 18.5. The van der Waals surface area contributed by atoms with Crippen LogP contribution in [0.5, 0.6) is 5.75 Å². The Morgan fingerprint density at radius 1 is 1.03 bits per heavy atom. The van der Waals surface area contributed by atoms with E-state index in [1.807, 2.05) is 0 Å². The van der Waals surface area contributed by atoms with Crippen LogP contribution in [0.15, 0.2) is 66.7 Å². The average molecular weight is 477 g/mol. The molecule has 2 N–H and O–H groups in total. The van der Waals surface area contributed by atoms with Gasteiger partial charge in [-0.05, 0) is 67.1 Å². The van der Waals surface area contributed by atoms with Crippen molar-refractivity contribution in [2.75, 3.05) is 12.4 Å². The number of carboxylic acid groups (broad SMARTS) is 1. The zero-order chi connectivity index (χ0) is 24.4. The third-order valence-corrected chi connectivity index (χ3v) is 5.86. The second kappa shape index (κ2) is 9.41. The molecule has 7 nitrogen and oxygen atoms in total. The lowest BCUT2D eigenvalue weighted by atomic mass is 10.1. The third kappa shape index (κ3) is 4.38. The van der Waals surface area contributed by atoms with Gasteiger partial charge in [0, 0.05) is 21.7 Å². The van der Waals surface area contributed by atoms with Gasteiger partial charge in [-0.3, -0.25) is 14.2 Å². The maximum absolute atomic E-state index is 13.4. The number of aromatic nitrogens is 1. The first-order chi connectivity index (χ1) is 16.3. The fourth-order valence-electron chi connectivity index (χ4n) is 3.93. The largest absolute Gasteiger partial charge is 0.497 e. The third-order valence-electron chi connectivity index (χ3n) is 5.61. The second-order valence-electron chi connectivity index (χ2n) is 7.67. The maximum Gasteiger partial charge on any atom is 0.337 e. The number of para-hydroxylation sites is 1. The normalized spacial score (nSPS) is 10.8. The summed E-state index contributed by atoms with van der Waals surface area (Å²) in [4.78, 5) is 37.8. The minimum Gasteiger partial charge on any atom is -0.497 e. The van der Waals surface area contributed by atoms with Crippen molar-refractivity contribution in [3.05, 3.63) is 94.1 Å². The van der Waals surface area contributed by atoms with Crippen molar-refractivity contribution in [3.63, 3.8) is 0 Å². The van der Waals surface area contributed by atoms with Gasteiger partial charge in [-0.15, -0.1) is 0 Å². The van der Waals surface area contributed by atoms with Gasteiger partial charge in [0.15, 0.2) is 0 Å². The molecular weight excluding hydrogens is 456 g/mol. The molecule has 0 saturated heterocycles. The Morgan fingerprint density at radius 2 is 1.74 bits per heavy atom. The smallest absolute Gasteiger partial charge is 0.337 e. The highest BCUT2D eigenvalue weighted by Gasteiger charge is 2.22. The molecule has 8 heteroatoms. The first kappa shape index (κ1) is 23.1. The number of ether oxygens (including phenoxy) is 1. The first-order valence-corrected chi connectivity index (χ1v) is 10.8. The number of aromatic carboxylic acids is 1. The van der Waals surface area contributed by atoms with E-state index < -0.39 is 11.9 Å². The fraction of sp³-hybridized carbons (Fsp3) is 0.115. The summed E-state index contributed by atoms with van der Waals surface area (Å²) in [6, 6.07) is 18.1. The van der Waals surface area contributed by atoms with Gasteiger partial charge in [0.25, 0.3) is 5.91 Å². The highest BCUT2D eigenvalue weighted by molar-refractivity contribution is 6.30. The number of hydrogen-bond acceptors (Lipinski definition) is 4. The molecule has 1 heterocycles. The number of carbonyl (C=O) groups is 3. The van der Waals surface area contributed by atoms with Crippen LogP contribution in [-0.2, 0) is 11.2 Å². The predicted molar refractivity (Wildman–Crippen MR) is 130 cm³/mol. The Kier molecular flexibility index (Phi) is 6.38. The Labute approximate surface area is 200 Å². The molecule has 0 radical (unpaired) electrons. The summed E-state index contributed by atoms with van der Waals surface area (Å²) in [7, 11) is 1.54. The van der Waals surface area contributed by atoms with Crippen LogP contribution in [0.25, 0.3) is 10.9 Å². The topological polar surface area (TPSA) is 97.6 Å². The Balaban J connectivity index is 1.76. The Hall–Kier alpha value is -4.10. The minimum absolute atomic E-state index is 0.00501. The number of hydrogen-bond donors (Lipinski definition) is 2. The van der Waals surface area contributed by atoms with Crippen molar-refractivity contribution in [1.82, 2.24) is 4.57 Å². The molecule has 0 bridgehead atoms. The molecule has 0 aliphatic carbocycles. The van der Waals surface area contributed by atoms with E-state index in [2.05, 4.69) is 5.32 Å². The summed E-state index contributed by atoms with van der Waals surface area (Å²) in [6.07, 6.45) is -0.0651. The van der Waals surface area contributed by atoms with E-state index in [0.29, 0.717) is 38.5 Å². The molecule has 0 saturated carbocycles. The first-order valence-electron chi connectivity index (χ1n) is 10.4. The SMILES string of the molecule is COc1ccc2c(c1)c(CC(=O)Nc1ccccc1C(=O)O)c(C)n2C(=O)c1ccc(Cl)cc1. The van der Waals surface area contributed by atoms with Crippen LogP contribution < -0.4 is 10.1 Å². The molecule has 172 valence electrons. The van der Waals surface area contributed by atoms with E-state index in [0.717, 1.165) is 0 Å². The van der Waals surface area contributed by atoms with E-state index in [4.69, 9.17) is 16.3 Å². The molecule has 0 unspecified atom stereocenters. The van der Waals surface area contributed by atoms with E-state index in [1.165, 1.54) is 12.1 Å². The lowest BCUT2D eigenvalue weighted by molar-refractivity contribution is -0.115. The van der Waals surface area contributed by atoms with Gasteiger partial charge < -0.3 is 15.2 Å². The second-order valence-corrected chi connectivity index (χ2v) is 8.11. The average Bonchev–Trinajstić information content (AvgIpc) is 3.09. The van der Waals surface area contributed by atoms with Crippen molar-refractivity contribution in [2.45, 2.75) is 13.3 Å². The van der Waals surface area contributed by atoms with Crippen LogP contribution in [0.3, 0.4) is 0 Å². The highest BCUT2D eigenvalue weighted by Crippen LogP contribution is 2.31. The van der Waals surface area contributed by atoms with E-state index in [9.17, 15) is 19.5 Å². The molecular formula is C26H21ClN2O5. The lowest BCUT2D eigenvalue weighted by Crippen LogP contribution is -2.18. The molecule has 4 rings (SSSR count). The number of benzene rings is 3. The summed E-state index contributed by atoms with van der Waals surface area (Å²) in [5, 5.41) is 13.3. The quantitative estimate of drug-likeness (QED) is 0.399. The number of carbonyl (C=O) groups excluding carboxylic acids is 2. The molecule has 0 aliphatic rings. The molecule has 4 aromatic rings. The van der Waals surface area contributed by atoms with E-state index in [-0.39, 0.29) is 23.6 Å². The number of halogens is 1. The fourth-order valence-corrected chi connectivity index (χ4v) is 4.06. The van der Waals surface area contributed by atoms with E-state index in [1.54, 1.807) is 73.2 Å². The van der Waals surface area contributed by atoms with Gasteiger partial charge in [-0.25, -0.2) is 4.79 Å². The van der Waals surface area contributed by atoms with Crippen LogP contribution in [0.1, 0.15) is 32.0 Å². The maximum atomic E-state index is 13.4. The molecule has 0 atom stereocenters. The van der Waals surface area contributed by atoms with Gasteiger partial charge in [-0.1, -0.05) is 23.7 Å². The van der Waals surface area contributed by atoms with Gasteiger partial charge in [0.2, 0.25) is 5.91 Å². The number of amides is 1. The molecule has 0 aliphatic heterocycles. The number of nitrogens with one attached hydrogen (secondary N) is 1. The number of fused-ring (bicyclic) bond motifs is 1. The lowest BCUT2D eigenvalue weighted by Gasteiger charge is -2.09. The van der Waals surface area contributed by atoms with Gasteiger partial charge in [0.1, 0.15) is 5.75 Å². The van der Waals surface area contributed by atoms with Crippen LogP contribution in [0, 0.1) is 6.92 Å². The standard InChI is InChI=1S/C26H21ClN2O5/c1-15-20(14-24(30)28-22-6-4-3-5-19(22)26(32)33)21-13-18(34-2)11-12-23(21)29(15)25(31)16-7-9-17(27)10-8-16/h3-13H,14H2,1-2H3,(H,28,30)(H,32,33). The van der Waals surface area contributed by atoms with E-state index >= 15 is 0 Å². The monoisotopic (exact) mass is 476 g/mol. The summed E-state index contributed by atoms with van der Waals surface area (Å²) in [5.74, 6) is -1.21. The predicted octanol–water partition coefficient (Wildman–Crippen LogP) is 5.18. The summed E-state index contributed by atoms with van der Waals surface area (Å²) in [5.41, 5.74) is 2.52. The van der Waals surface area contributed by atoms with Crippen LogP contribution >= 0.6 is 11.6 Å².